The van der Waals surface area contributed by atoms with E-state index in [0.717, 1.165) is 12.8 Å². The second-order valence-electron chi connectivity index (χ2n) is 7.27. The van der Waals surface area contributed by atoms with Gasteiger partial charge in [-0.15, -0.1) is 0 Å². The molecule has 0 saturated carbocycles. The molecule has 0 radical (unpaired) electrons. The van der Waals surface area contributed by atoms with Crippen molar-refractivity contribution in [2.45, 2.75) is 84.0 Å². The zero-order chi connectivity index (χ0) is 17.9. The van der Waals surface area contributed by atoms with Crippen LogP contribution in [0.25, 0.3) is 0 Å². The third kappa shape index (κ3) is 6.30. The predicted octanol–water partition coefficient (Wildman–Crippen LogP) is 5.88. The van der Waals surface area contributed by atoms with Gasteiger partial charge in [-0.05, 0) is 18.6 Å². The Morgan fingerprint density at radius 3 is 2.00 bits per heavy atom. The smallest absolute Gasteiger partial charge is 0.237 e. The van der Waals surface area contributed by atoms with Crippen LogP contribution in [0.3, 0.4) is 0 Å². The minimum atomic E-state index is -0.109. The highest BCUT2D eigenvalue weighted by atomic mass is 16.2. The summed E-state index contributed by atoms with van der Waals surface area (Å²) >= 11 is 0. The van der Waals surface area contributed by atoms with Crippen molar-refractivity contribution in [3.63, 3.8) is 0 Å². The van der Waals surface area contributed by atoms with Gasteiger partial charge in [0.1, 0.15) is 0 Å². The summed E-state index contributed by atoms with van der Waals surface area (Å²) in [6.45, 7) is 2.25. The molecule has 0 aromatic heterocycles. The highest BCUT2D eigenvalue weighted by Crippen LogP contribution is 2.29. The first-order valence-electron chi connectivity index (χ1n) is 10.2. The van der Waals surface area contributed by atoms with Gasteiger partial charge in [-0.25, -0.2) is 0 Å². The van der Waals surface area contributed by atoms with Gasteiger partial charge in [0.25, 0.3) is 0 Å². The van der Waals surface area contributed by atoms with E-state index in [1.807, 2.05) is 30.3 Å². The number of carbonyl (C=O) groups excluding carboxylic acids is 2. The summed E-state index contributed by atoms with van der Waals surface area (Å²) in [5, 5.41) is 0. The van der Waals surface area contributed by atoms with Gasteiger partial charge in [0.15, 0.2) is 0 Å². The normalized spacial score (nSPS) is 17.5. The molecule has 1 atom stereocenters. The summed E-state index contributed by atoms with van der Waals surface area (Å²) in [7, 11) is 0. The molecule has 3 heteroatoms. The first-order valence-corrected chi connectivity index (χ1v) is 10.2. The fourth-order valence-corrected chi connectivity index (χ4v) is 3.65. The molecule has 1 saturated heterocycles. The van der Waals surface area contributed by atoms with Gasteiger partial charge in [-0.2, -0.15) is 0 Å². The first-order chi connectivity index (χ1) is 12.2. The number of rotatable bonds is 12. The van der Waals surface area contributed by atoms with Crippen molar-refractivity contribution in [3.05, 3.63) is 30.3 Å². The Morgan fingerprint density at radius 2 is 1.40 bits per heavy atom. The number of imide groups is 1. The monoisotopic (exact) mass is 343 g/mol. The molecule has 138 valence electrons. The molecule has 0 spiro atoms. The number of para-hydroxylation sites is 1. The predicted molar refractivity (Wildman–Crippen MR) is 104 cm³/mol. The number of unbranched alkanes of at least 4 members (excludes halogenated alkanes) is 9. The number of benzene rings is 1. The Kier molecular flexibility index (Phi) is 8.71. The van der Waals surface area contributed by atoms with Gasteiger partial charge in [0.05, 0.1) is 5.69 Å². The van der Waals surface area contributed by atoms with E-state index in [1.165, 1.54) is 62.7 Å². The maximum Gasteiger partial charge on any atom is 0.237 e. The molecule has 0 aliphatic carbocycles. The summed E-state index contributed by atoms with van der Waals surface area (Å²) in [4.78, 5) is 26.1. The zero-order valence-corrected chi connectivity index (χ0v) is 15.7. The highest BCUT2D eigenvalue weighted by Gasteiger charge is 2.38. The second-order valence-corrected chi connectivity index (χ2v) is 7.27. The lowest BCUT2D eigenvalue weighted by Crippen LogP contribution is -2.30. The lowest BCUT2D eigenvalue weighted by atomic mass is 9.98. The van der Waals surface area contributed by atoms with Crippen molar-refractivity contribution in [3.8, 4) is 0 Å². The van der Waals surface area contributed by atoms with E-state index >= 15 is 0 Å². The minimum absolute atomic E-state index is 0.00729. The lowest BCUT2D eigenvalue weighted by Gasteiger charge is -2.14. The molecule has 1 aliphatic heterocycles. The molecular formula is C22H33NO2. The van der Waals surface area contributed by atoms with Gasteiger partial charge in [-0.1, -0.05) is 89.3 Å². The van der Waals surface area contributed by atoms with E-state index in [-0.39, 0.29) is 17.7 Å². The third-order valence-corrected chi connectivity index (χ3v) is 5.16. The van der Waals surface area contributed by atoms with Crippen LogP contribution in [-0.2, 0) is 9.59 Å². The van der Waals surface area contributed by atoms with E-state index < -0.39 is 0 Å². The largest absolute Gasteiger partial charge is 0.274 e. The standard InChI is InChI=1S/C22H33NO2/c1-2-3-4-5-6-7-8-9-10-12-15-19-18-21(24)23(22(19)25)20-16-13-11-14-17-20/h11,13-14,16-17,19H,2-10,12,15,18H2,1H3. The number of nitrogens with zero attached hydrogens (tertiary/aromatic N) is 1. The average molecular weight is 344 g/mol. The van der Waals surface area contributed by atoms with Gasteiger partial charge < -0.3 is 0 Å². The number of anilines is 1. The molecule has 1 fully saturated rings. The molecule has 1 unspecified atom stereocenters. The van der Waals surface area contributed by atoms with E-state index in [1.54, 1.807) is 0 Å². The Balaban J connectivity index is 1.59. The van der Waals surface area contributed by atoms with Crippen LogP contribution < -0.4 is 4.90 Å². The zero-order valence-electron chi connectivity index (χ0n) is 15.7. The third-order valence-electron chi connectivity index (χ3n) is 5.16. The van der Waals surface area contributed by atoms with E-state index in [2.05, 4.69) is 6.92 Å². The van der Waals surface area contributed by atoms with Gasteiger partial charge in [-0.3, -0.25) is 14.5 Å². The molecule has 1 heterocycles. The number of carbonyl (C=O) groups is 2. The Morgan fingerprint density at radius 1 is 0.840 bits per heavy atom. The van der Waals surface area contributed by atoms with Crippen LogP contribution in [0.15, 0.2) is 30.3 Å². The highest BCUT2D eigenvalue weighted by molar-refractivity contribution is 6.20. The van der Waals surface area contributed by atoms with Crippen LogP contribution in [0, 0.1) is 5.92 Å². The van der Waals surface area contributed by atoms with E-state index in [9.17, 15) is 9.59 Å². The first kappa shape index (κ1) is 19.7. The summed E-state index contributed by atoms with van der Waals surface area (Å²) in [5.74, 6) is -0.165. The van der Waals surface area contributed by atoms with Crippen LogP contribution in [0.1, 0.15) is 84.0 Å². The molecule has 1 aromatic carbocycles. The van der Waals surface area contributed by atoms with Crippen molar-refractivity contribution < 1.29 is 9.59 Å². The Labute approximate surface area is 152 Å². The van der Waals surface area contributed by atoms with Crippen LogP contribution in [0.5, 0.6) is 0 Å². The van der Waals surface area contributed by atoms with E-state index in [4.69, 9.17) is 0 Å². The quantitative estimate of drug-likeness (QED) is 0.351. The summed E-state index contributed by atoms with van der Waals surface area (Å²) in [6.07, 6.45) is 14.2. The SMILES string of the molecule is CCCCCCCCCCCCC1CC(=O)N(c2ccccc2)C1=O. The summed E-state index contributed by atoms with van der Waals surface area (Å²) < 4.78 is 0. The van der Waals surface area contributed by atoms with Gasteiger partial charge in [0.2, 0.25) is 11.8 Å². The second kappa shape index (κ2) is 11.1. The molecule has 0 bridgehead atoms. The molecular weight excluding hydrogens is 310 g/mol. The maximum atomic E-state index is 12.5. The molecule has 3 nitrogen and oxygen atoms in total. The number of hydrogen-bond acceptors (Lipinski definition) is 2. The molecule has 0 N–H and O–H groups in total. The summed E-state index contributed by atoms with van der Waals surface area (Å²) in [5.41, 5.74) is 0.711. The van der Waals surface area contributed by atoms with Crippen molar-refractivity contribution >= 4 is 17.5 Å². The van der Waals surface area contributed by atoms with Gasteiger partial charge >= 0.3 is 0 Å². The number of hydrogen-bond donors (Lipinski definition) is 0. The lowest BCUT2D eigenvalue weighted by molar-refractivity contribution is -0.122. The van der Waals surface area contributed by atoms with Crippen LogP contribution in [-0.4, -0.2) is 11.8 Å². The van der Waals surface area contributed by atoms with Crippen LogP contribution in [0.2, 0.25) is 0 Å². The van der Waals surface area contributed by atoms with Gasteiger partial charge in [0, 0.05) is 12.3 Å². The van der Waals surface area contributed by atoms with Crippen molar-refractivity contribution in [2.75, 3.05) is 4.90 Å². The van der Waals surface area contributed by atoms with Crippen molar-refractivity contribution in [1.82, 2.24) is 0 Å². The Hall–Kier alpha value is -1.64. The summed E-state index contributed by atoms with van der Waals surface area (Å²) in [6, 6.07) is 9.30. The molecule has 1 aromatic rings. The Bertz CT molecular complexity index is 526. The maximum absolute atomic E-state index is 12.5. The number of amides is 2. The van der Waals surface area contributed by atoms with Crippen LogP contribution >= 0.6 is 0 Å². The van der Waals surface area contributed by atoms with Crippen molar-refractivity contribution in [2.24, 2.45) is 5.92 Å². The molecule has 1 aliphatic rings. The molecule has 2 amide bonds. The topological polar surface area (TPSA) is 37.4 Å². The fourth-order valence-electron chi connectivity index (χ4n) is 3.65. The van der Waals surface area contributed by atoms with Crippen molar-refractivity contribution in [1.29, 1.82) is 0 Å². The van der Waals surface area contributed by atoms with E-state index in [0.29, 0.717) is 12.1 Å². The molecule has 25 heavy (non-hydrogen) atoms. The molecule has 2 rings (SSSR count). The fraction of sp³-hybridized carbons (Fsp3) is 0.636. The minimum Gasteiger partial charge on any atom is -0.274 e. The average Bonchev–Trinajstić information content (AvgIpc) is 2.91. The van der Waals surface area contributed by atoms with Crippen LogP contribution in [0.4, 0.5) is 5.69 Å².